The van der Waals surface area contributed by atoms with E-state index in [1.807, 2.05) is 31.2 Å². The third-order valence-corrected chi connectivity index (χ3v) is 2.65. The molecule has 1 unspecified atom stereocenters. The average Bonchev–Trinajstić information content (AvgIpc) is 2.26. The van der Waals surface area contributed by atoms with Crippen LogP contribution in [0.15, 0.2) is 24.3 Å². The molecule has 3 nitrogen and oxygen atoms in total. The van der Waals surface area contributed by atoms with Gasteiger partial charge in [-0.25, -0.2) is 0 Å². The Hall–Kier alpha value is -2.08. The number of benzene rings is 1. The van der Waals surface area contributed by atoms with Crippen LogP contribution < -0.4 is 4.90 Å². The van der Waals surface area contributed by atoms with Crippen molar-refractivity contribution in [2.24, 2.45) is 0 Å². The number of anilines is 1. The maximum absolute atomic E-state index is 11.6. The fraction of sp³-hybridized carbons (Fsp3) is 0.231. The van der Waals surface area contributed by atoms with Gasteiger partial charge in [-0.1, -0.05) is 17.7 Å². The molecule has 1 heterocycles. The first kappa shape index (κ1) is 10.4. The van der Waals surface area contributed by atoms with Crippen LogP contribution >= 0.6 is 0 Å². The zero-order chi connectivity index (χ0) is 11.7. The second-order valence-electron chi connectivity index (χ2n) is 3.88. The summed E-state index contributed by atoms with van der Waals surface area (Å²) in [7, 11) is 0. The monoisotopic (exact) mass is 212 g/mol. The topological polar surface area (TPSA) is 44.1 Å². The summed E-state index contributed by atoms with van der Waals surface area (Å²) in [6.07, 6.45) is 3.65. The highest BCUT2D eigenvalue weighted by atomic mass is 16.2. The maximum Gasteiger partial charge on any atom is 0.225 e. The average molecular weight is 212 g/mol. The Morgan fingerprint density at radius 2 is 2.25 bits per heavy atom. The Bertz CT molecular complexity index is 511. The molecule has 1 atom stereocenters. The lowest BCUT2D eigenvalue weighted by atomic mass is 10.0. The quantitative estimate of drug-likeness (QED) is 0.662. The molecular weight excluding hydrogens is 200 g/mol. The molecule has 0 saturated heterocycles. The van der Waals surface area contributed by atoms with Gasteiger partial charge in [-0.3, -0.25) is 9.69 Å². The lowest BCUT2D eigenvalue weighted by molar-refractivity contribution is -0.116. The Kier molecular flexibility index (Phi) is 2.49. The van der Waals surface area contributed by atoms with Crippen molar-refractivity contribution in [3.63, 3.8) is 0 Å². The molecule has 0 bridgehead atoms. The molecule has 0 radical (unpaired) electrons. The molecule has 16 heavy (non-hydrogen) atoms. The molecule has 2 rings (SSSR count). The summed E-state index contributed by atoms with van der Waals surface area (Å²) in [5, 5.41) is 9.00. The summed E-state index contributed by atoms with van der Waals surface area (Å²) in [5.74, 6) is -0.110. The van der Waals surface area contributed by atoms with Crippen LogP contribution in [0, 0.1) is 18.3 Å². The number of rotatable bonds is 0. The molecule has 1 aromatic rings. The van der Waals surface area contributed by atoms with Crippen molar-refractivity contribution >= 4 is 17.7 Å². The molecule has 0 spiro atoms. The van der Waals surface area contributed by atoms with Crippen molar-refractivity contribution < 1.29 is 4.79 Å². The van der Waals surface area contributed by atoms with Gasteiger partial charge in [0.25, 0.3) is 0 Å². The van der Waals surface area contributed by atoms with Crippen molar-refractivity contribution in [1.29, 1.82) is 5.26 Å². The minimum Gasteiger partial charge on any atom is -0.292 e. The first-order valence-corrected chi connectivity index (χ1v) is 5.12. The lowest BCUT2D eigenvalue weighted by Gasteiger charge is -2.29. The van der Waals surface area contributed by atoms with Crippen LogP contribution in [0.3, 0.4) is 0 Å². The number of amides is 1. The van der Waals surface area contributed by atoms with E-state index in [1.54, 1.807) is 6.08 Å². The van der Waals surface area contributed by atoms with Crippen LogP contribution in [-0.2, 0) is 4.79 Å². The standard InChI is InChI=1S/C13H12N2O/c1-9-3-6-13-11(7-9)4-5-12(8-14)15(13)10(2)16/h3-7,12H,1-2H3. The van der Waals surface area contributed by atoms with Gasteiger partial charge < -0.3 is 0 Å². The molecule has 1 aliphatic rings. The second kappa shape index (κ2) is 3.82. The summed E-state index contributed by atoms with van der Waals surface area (Å²) in [6.45, 7) is 3.48. The maximum atomic E-state index is 11.6. The fourth-order valence-electron chi connectivity index (χ4n) is 1.92. The normalized spacial score (nSPS) is 17.8. The van der Waals surface area contributed by atoms with Gasteiger partial charge in [0.1, 0.15) is 6.04 Å². The minimum atomic E-state index is -0.493. The van der Waals surface area contributed by atoms with Gasteiger partial charge in [0.05, 0.1) is 11.8 Å². The summed E-state index contributed by atoms with van der Waals surface area (Å²) in [5.41, 5.74) is 2.94. The Labute approximate surface area is 94.6 Å². The lowest BCUT2D eigenvalue weighted by Crippen LogP contribution is -2.38. The van der Waals surface area contributed by atoms with Gasteiger partial charge in [0.15, 0.2) is 0 Å². The van der Waals surface area contributed by atoms with Crippen molar-refractivity contribution in [2.45, 2.75) is 19.9 Å². The predicted molar refractivity (Wildman–Crippen MR) is 62.8 cm³/mol. The number of aryl methyl sites for hydroxylation is 1. The molecule has 80 valence electrons. The number of nitriles is 1. The molecule has 0 N–H and O–H groups in total. The molecule has 1 aromatic carbocycles. The second-order valence-corrected chi connectivity index (χ2v) is 3.88. The van der Waals surface area contributed by atoms with E-state index >= 15 is 0 Å². The highest BCUT2D eigenvalue weighted by Crippen LogP contribution is 2.29. The van der Waals surface area contributed by atoms with Gasteiger partial charge in [-0.05, 0) is 30.7 Å². The SMILES string of the molecule is CC(=O)N1c2ccc(C)cc2C=CC1C#N. The molecule has 3 heteroatoms. The number of fused-ring (bicyclic) bond motifs is 1. The molecular formula is C13H12N2O. The minimum absolute atomic E-state index is 0.110. The van der Waals surface area contributed by atoms with E-state index < -0.39 is 6.04 Å². The number of hydrogen-bond donors (Lipinski definition) is 0. The third-order valence-electron chi connectivity index (χ3n) is 2.65. The van der Waals surface area contributed by atoms with E-state index in [4.69, 9.17) is 5.26 Å². The van der Waals surface area contributed by atoms with Crippen molar-refractivity contribution in [3.8, 4) is 6.07 Å². The van der Waals surface area contributed by atoms with Crippen LogP contribution in [0.4, 0.5) is 5.69 Å². The van der Waals surface area contributed by atoms with E-state index in [0.717, 1.165) is 16.8 Å². The molecule has 0 fully saturated rings. The van der Waals surface area contributed by atoms with E-state index in [1.165, 1.54) is 11.8 Å². The van der Waals surface area contributed by atoms with Gasteiger partial charge in [0.2, 0.25) is 5.91 Å². The highest BCUT2D eigenvalue weighted by Gasteiger charge is 2.25. The Morgan fingerprint density at radius 3 is 2.88 bits per heavy atom. The van der Waals surface area contributed by atoms with E-state index in [9.17, 15) is 4.79 Å². The molecule has 1 aliphatic heterocycles. The Morgan fingerprint density at radius 1 is 1.50 bits per heavy atom. The number of hydrogen-bond acceptors (Lipinski definition) is 2. The van der Waals surface area contributed by atoms with Gasteiger partial charge in [0, 0.05) is 6.92 Å². The highest BCUT2D eigenvalue weighted by molar-refractivity contribution is 5.97. The summed E-state index contributed by atoms with van der Waals surface area (Å²) < 4.78 is 0. The summed E-state index contributed by atoms with van der Waals surface area (Å²) in [4.78, 5) is 13.1. The van der Waals surface area contributed by atoms with Crippen LogP contribution in [0.1, 0.15) is 18.1 Å². The van der Waals surface area contributed by atoms with Gasteiger partial charge >= 0.3 is 0 Å². The van der Waals surface area contributed by atoms with Gasteiger partial charge in [-0.15, -0.1) is 0 Å². The number of carbonyl (C=O) groups excluding carboxylic acids is 1. The van der Waals surface area contributed by atoms with E-state index in [-0.39, 0.29) is 5.91 Å². The predicted octanol–water partition coefficient (Wildman–Crippen LogP) is 2.27. The fourth-order valence-corrected chi connectivity index (χ4v) is 1.92. The smallest absolute Gasteiger partial charge is 0.225 e. The molecule has 1 amide bonds. The number of carbonyl (C=O) groups is 1. The van der Waals surface area contributed by atoms with Crippen molar-refractivity contribution in [2.75, 3.05) is 4.90 Å². The van der Waals surface area contributed by atoms with Crippen LogP contribution in [0.5, 0.6) is 0 Å². The first-order chi connectivity index (χ1) is 7.63. The first-order valence-electron chi connectivity index (χ1n) is 5.12. The van der Waals surface area contributed by atoms with Crippen LogP contribution in [0.2, 0.25) is 0 Å². The number of nitrogens with zero attached hydrogens (tertiary/aromatic N) is 2. The summed E-state index contributed by atoms with van der Waals surface area (Å²) >= 11 is 0. The zero-order valence-corrected chi connectivity index (χ0v) is 9.27. The molecule has 0 aromatic heterocycles. The largest absolute Gasteiger partial charge is 0.292 e. The Balaban J connectivity index is 2.57. The van der Waals surface area contributed by atoms with E-state index in [2.05, 4.69) is 6.07 Å². The van der Waals surface area contributed by atoms with Gasteiger partial charge in [-0.2, -0.15) is 5.26 Å². The third kappa shape index (κ3) is 1.59. The zero-order valence-electron chi connectivity index (χ0n) is 9.27. The molecule has 0 aliphatic carbocycles. The van der Waals surface area contributed by atoms with Crippen molar-refractivity contribution in [1.82, 2.24) is 0 Å². The van der Waals surface area contributed by atoms with Crippen molar-refractivity contribution in [3.05, 3.63) is 35.4 Å². The van der Waals surface area contributed by atoms with Crippen LogP contribution in [0.25, 0.3) is 6.08 Å². The van der Waals surface area contributed by atoms with E-state index in [0.29, 0.717) is 0 Å². The van der Waals surface area contributed by atoms with Crippen LogP contribution in [-0.4, -0.2) is 11.9 Å². The summed E-state index contributed by atoms with van der Waals surface area (Å²) in [6, 6.07) is 7.46. The molecule has 0 saturated carbocycles.